The Hall–Kier alpha value is -3.03. The maximum Gasteiger partial charge on any atom is 0.407 e. The molecule has 0 aliphatic heterocycles. The Bertz CT molecular complexity index is 862. The molecule has 0 saturated heterocycles. The second kappa shape index (κ2) is 8.57. The number of hydrogen-bond donors (Lipinski definition) is 3. The number of hydrogen-bond acceptors (Lipinski definition) is 5. The lowest BCUT2D eigenvalue weighted by atomic mass is 10.1. The molecule has 0 saturated carbocycles. The molecule has 1 aromatic carbocycles. The Labute approximate surface area is 159 Å². The molecular formula is C19H29N5O3. The number of allylic oxidation sites excluding steroid dienone is 1. The van der Waals surface area contributed by atoms with E-state index in [9.17, 15) is 9.59 Å². The second-order valence-electron chi connectivity index (χ2n) is 6.96. The minimum atomic E-state index is -0.529. The van der Waals surface area contributed by atoms with Crippen molar-refractivity contribution in [2.24, 2.45) is 5.73 Å². The molecule has 2 amide bonds. The number of aromatic nitrogens is 2. The molecule has 1 heterocycles. The molecule has 0 aliphatic carbocycles. The zero-order valence-electron chi connectivity index (χ0n) is 15.5. The van der Waals surface area contributed by atoms with Crippen molar-refractivity contribution in [2.75, 3.05) is 12.3 Å². The lowest BCUT2D eigenvalue weighted by molar-refractivity contribution is 0.0534. The molecule has 0 unspecified atom stereocenters. The molecule has 0 spiro atoms. The molecule has 0 aliphatic rings. The molecule has 5 N–H and O–H groups in total. The normalized spacial score (nSPS) is 11.4. The number of nitrogens with one attached hydrogen (secondary N) is 1. The van der Waals surface area contributed by atoms with Crippen LogP contribution in [-0.2, 0) is 11.3 Å². The Morgan fingerprint density at radius 3 is 2.56 bits per heavy atom. The van der Waals surface area contributed by atoms with Crippen molar-refractivity contribution in [1.82, 2.24) is 14.9 Å². The van der Waals surface area contributed by atoms with Crippen molar-refractivity contribution in [1.29, 1.82) is 0 Å². The molecule has 0 fully saturated rings. The fourth-order valence-electron chi connectivity index (χ4n) is 2.54. The van der Waals surface area contributed by atoms with Gasteiger partial charge in [0.2, 0.25) is 11.9 Å². The number of primary amides is 1. The summed E-state index contributed by atoms with van der Waals surface area (Å²) in [4.78, 5) is 27.2. The van der Waals surface area contributed by atoms with Gasteiger partial charge in [-0.05, 0) is 45.4 Å². The third kappa shape index (κ3) is 5.73. The molecule has 0 radical (unpaired) electrons. The summed E-state index contributed by atoms with van der Waals surface area (Å²) in [5.41, 5.74) is 13.5. The van der Waals surface area contributed by atoms with Crippen LogP contribution in [0, 0.1) is 6.92 Å². The van der Waals surface area contributed by atoms with Gasteiger partial charge in [-0.15, -0.1) is 0 Å². The summed E-state index contributed by atoms with van der Waals surface area (Å²) in [6.07, 6.45) is 3.21. The summed E-state index contributed by atoms with van der Waals surface area (Å²) in [5, 5.41) is 2.65. The van der Waals surface area contributed by atoms with Crippen LogP contribution in [0.1, 0.15) is 44.1 Å². The van der Waals surface area contributed by atoms with E-state index in [-0.39, 0.29) is 7.43 Å². The Kier molecular flexibility index (Phi) is 6.99. The van der Waals surface area contributed by atoms with Gasteiger partial charge in [0.25, 0.3) is 0 Å². The molecular weight excluding hydrogens is 346 g/mol. The van der Waals surface area contributed by atoms with Crippen molar-refractivity contribution < 1.29 is 14.3 Å². The van der Waals surface area contributed by atoms with Crippen molar-refractivity contribution >= 4 is 29.0 Å². The Balaban J connectivity index is 0.00000364. The Morgan fingerprint density at radius 2 is 1.96 bits per heavy atom. The minimum Gasteiger partial charge on any atom is -0.444 e. The summed E-state index contributed by atoms with van der Waals surface area (Å²) in [7, 11) is 0. The van der Waals surface area contributed by atoms with E-state index in [1.54, 1.807) is 32.9 Å². The predicted octanol–water partition coefficient (Wildman–Crippen LogP) is 2.74. The predicted molar refractivity (Wildman–Crippen MR) is 108 cm³/mol. The zero-order valence-corrected chi connectivity index (χ0v) is 15.5. The van der Waals surface area contributed by atoms with Crippen LogP contribution in [0.3, 0.4) is 0 Å². The van der Waals surface area contributed by atoms with E-state index >= 15 is 0 Å². The van der Waals surface area contributed by atoms with E-state index in [2.05, 4.69) is 10.3 Å². The topological polar surface area (TPSA) is 125 Å². The number of alkyl carbamates (subject to hydrolysis) is 1. The number of benzene rings is 1. The molecule has 0 atom stereocenters. The lowest BCUT2D eigenvalue weighted by Crippen LogP contribution is -2.32. The second-order valence-corrected chi connectivity index (χ2v) is 6.96. The fraction of sp³-hybridized carbons (Fsp3) is 0.421. The van der Waals surface area contributed by atoms with Gasteiger partial charge in [0.05, 0.1) is 11.0 Å². The number of aryl methyl sites for hydroxylation is 1. The van der Waals surface area contributed by atoms with Crippen LogP contribution in [0.2, 0.25) is 0 Å². The van der Waals surface area contributed by atoms with Crippen LogP contribution in [0.4, 0.5) is 10.7 Å². The van der Waals surface area contributed by atoms with Gasteiger partial charge in [-0.2, -0.15) is 0 Å². The summed E-state index contributed by atoms with van der Waals surface area (Å²) in [6.45, 7) is 8.12. The number of nitrogen functional groups attached to an aromatic ring is 1. The molecule has 8 nitrogen and oxygen atoms in total. The van der Waals surface area contributed by atoms with Crippen molar-refractivity contribution in [2.45, 2.75) is 47.3 Å². The third-order valence-electron chi connectivity index (χ3n) is 3.56. The number of carbonyl (C=O) groups excluding carboxylic acids is 2. The van der Waals surface area contributed by atoms with Gasteiger partial charge in [0.1, 0.15) is 5.60 Å². The molecule has 148 valence electrons. The highest BCUT2D eigenvalue weighted by molar-refractivity contribution is 5.97. The number of ether oxygens (including phenoxy) is 1. The summed E-state index contributed by atoms with van der Waals surface area (Å²) in [5.74, 6) is -0.161. The number of rotatable bonds is 5. The van der Waals surface area contributed by atoms with Gasteiger partial charge >= 0.3 is 6.09 Å². The average Bonchev–Trinajstić information content (AvgIpc) is 2.81. The van der Waals surface area contributed by atoms with Gasteiger partial charge in [0.15, 0.2) is 0 Å². The molecule has 8 heteroatoms. The summed E-state index contributed by atoms with van der Waals surface area (Å²) < 4.78 is 6.99. The number of carbonyl (C=O) groups is 2. The van der Waals surface area contributed by atoms with Gasteiger partial charge in [-0.3, -0.25) is 4.79 Å². The van der Waals surface area contributed by atoms with Crippen LogP contribution >= 0.6 is 0 Å². The standard InChI is InChI=1S/C18H25N5O3.CH4/c1-11-9-12(15(19)24)10-13-14(11)23(16(20)22-13)8-6-5-7-21-17(25)26-18(2,3)4;/h5-6,9-10H,7-8H2,1-4H3,(H2,19,24)(H2,20,22)(H,21,25);1H4/b6-5+;. The van der Waals surface area contributed by atoms with E-state index in [4.69, 9.17) is 16.2 Å². The van der Waals surface area contributed by atoms with E-state index in [0.717, 1.165) is 11.1 Å². The summed E-state index contributed by atoms with van der Waals surface area (Å²) in [6, 6.07) is 3.35. The lowest BCUT2D eigenvalue weighted by Gasteiger charge is -2.19. The van der Waals surface area contributed by atoms with Crippen molar-refractivity contribution in [3.63, 3.8) is 0 Å². The van der Waals surface area contributed by atoms with Crippen LogP contribution in [0.15, 0.2) is 24.3 Å². The number of nitrogens with zero attached hydrogens (tertiary/aromatic N) is 2. The largest absolute Gasteiger partial charge is 0.444 e. The van der Waals surface area contributed by atoms with E-state index in [1.807, 2.05) is 23.6 Å². The smallest absolute Gasteiger partial charge is 0.407 e. The van der Waals surface area contributed by atoms with Crippen LogP contribution in [0.5, 0.6) is 0 Å². The number of imidazole rings is 1. The van der Waals surface area contributed by atoms with Crippen LogP contribution < -0.4 is 16.8 Å². The third-order valence-corrected chi connectivity index (χ3v) is 3.56. The maximum atomic E-state index is 11.6. The first-order valence-electron chi connectivity index (χ1n) is 8.26. The van der Waals surface area contributed by atoms with Gasteiger partial charge in [0, 0.05) is 18.7 Å². The van der Waals surface area contributed by atoms with Gasteiger partial charge < -0.3 is 26.1 Å². The van der Waals surface area contributed by atoms with Crippen molar-refractivity contribution in [3.05, 3.63) is 35.4 Å². The number of anilines is 1. The first-order chi connectivity index (χ1) is 12.1. The van der Waals surface area contributed by atoms with Gasteiger partial charge in [-0.1, -0.05) is 19.6 Å². The fourth-order valence-corrected chi connectivity index (χ4v) is 2.54. The Morgan fingerprint density at radius 1 is 1.30 bits per heavy atom. The first-order valence-corrected chi connectivity index (χ1v) is 8.26. The van der Waals surface area contributed by atoms with Crippen LogP contribution in [0.25, 0.3) is 11.0 Å². The number of amides is 2. The minimum absolute atomic E-state index is 0. The highest BCUT2D eigenvalue weighted by Crippen LogP contribution is 2.23. The van der Waals surface area contributed by atoms with E-state index in [0.29, 0.717) is 30.1 Å². The van der Waals surface area contributed by atoms with E-state index in [1.165, 1.54) is 0 Å². The average molecular weight is 375 g/mol. The molecule has 2 rings (SSSR count). The highest BCUT2D eigenvalue weighted by atomic mass is 16.6. The van der Waals surface area contributed by atoms with Crippen LogP contribution in [-0.4, -0.2) is 33.7 Å². The molecule has 27 heavy (non-hydrogen) atoms. The molecule has 2 aromatic rings. The quantitative estimate of drug-likeness (QED) is 0.693. The van der Waals surface area contributed by atoms with E-state index < -0.39 is 17.6 Å². The zero-order chi connectivity index (χ0) is 19.5. The SMILES string of the molecule is C.Cc1cc(C(N)=O)cc2nc(N)n(C/C=C/CNC(=O)OC(C)(C)C)c12. The van der Waals surface area contributed by atoms with Gasteiger partial charge in [-0.25, -0.2) is 9.78 Å². The number of fused-ring (bicyclic) bond motifs is 1. The number of nitrogens with two attached hydrogens (primary N) is 2. The monoisotopic (exact) mass is 375 g/mol. The van der Waals surface area contributed by atoms with Crippen molar-refractivity contribution in [3.8, 4) is 0 Å². The molecule has 0 bridgehead atoms. The molecule has 1 aromatic heterocycles. The maximum absolute atomic E-state index is 11.6. The highest BCUT2D eigenvalue weighted by Gasteiger charge is 2.15. The summed E-state index contributed by atoms with van der Waals surface area (Å²) >= 11 is 0. The first kappa shape index (κ1) is 22.0.